The Kier molecular flexibility index (Phi) is 4.09. The maximum Gasteiger partial charge on any atom is 0.163 e. The number of nitrogens with one attached hydrogen (secondary N) is 1. The number of hydrogen-bond donors (Lipinski definition) is 1. The highest BCUT2D eigenvalue weighted by Crippen LogP contribution is 2.25. The van der Waals surface area contributed by atoms with Gasteiger partial charge in [0, 0.05) is 29.4 Å². The van der Waals surface area contributed by atoms with Gasteiger partial charge in [-0.3, -0.25) is 4.98 Å². The number of aromatic nitrogens is 3. The number of fused-ring (bicyclic) bond motifs is 1. The molecule has 0 atom stereocenters. The first-order chi connectivity index (χ1) is 12.3. The summed E-state index contributed by atoms with van der Waals surface area (Å²) in [6.45, 7) is 2.69. The van der Waals surface area contributed by atoms with Gasteiger partial charge in [0.05, 0.1) is 5.52 Å². The van der Waals surface area contributed by atoms with Crippen molar-refractivity contribution >= 4 is 16.7 Å². The minimum Gasteiger partial charge on any atom is -0.365 e. The lowest BCUT2D eigenvalue weighted by molar-refractivity contribution is 1.10. The first kappa shape index (κ1) is 15.3. The van der Waals surface area contributed by atoms with Crippen molar-refractivity contribution in [1.29, 1.82) is 0 Å². The number of hydrogen-bond acceptors (Lipinski definition) is 4. The van der Waals surface area contributed by atoms with Crippen LogP contribution in [0, 0.1) is 6.92 Å². The van der Waals surface area contributed by atoms with Gasteiger partial charge >= 0.3 is 0 Å². The molecule has 0 radical (unpaired) electrons. The predicted octanol–water partition coefficient (Wildman–Crippen LogP) is 4.61. The van der Waals surface area contributed by atoms with Crippen LogP contribution in [0.5, 0.6) is 0 Å². The number of anilines is 1. The van der Waals surface area contributed by atoms with Gasteiger partial charge in [-0.05, 0) is 36.8 Å². The van der Waals surface area contributed by atoms with E-state index in [1.807, 2.05) is 67.7 Å². The van der Waals surface area contributed by atoms with Gasteiger partial charge in [0.2, 0.25) is 0 Å². The van der Waals surface area contributed by atoms with Crippen LogP contribution in [0.4, 0.5) is 5.82 Å². The molecule has 122 valence electrons. The number of benzene rings is 2. The Balaban J connectivity index is 1.74. The van der Waals surface area contributed by atoms with Crippen LogP contribution in [0.1, 0.15) is 11.3 Å². The van der Waals surface area contributed by atoms with Crippen molar-refractivity contribution in [3.63, 3.8) is 0 Å². The Morgan fingerprint density at radius 3 is 2.44 bits per heavy atom. The monoisotopic (exact) mass is 326 g/mol. The lowest BCUT2D eigenvalue weighted by Crippen LogP contribution is -2.04. The second kappa shape index (κ2) is 6.69. The topological polar surface area (TPSA) is 50.7 Å². The summed E-state index contributed by atoms with van der Waals surface area (Å²) in [5.41, 5.74) is 4.03. The largest absolute Gasteiger partial charge is 0.365 e. The van der Waals surface area contributed by atoms with Crippen LogP contribution < -0.4 is 5.32 Å². The fraction of sp³-hybridized carbons (Fsp3) is 0.0952. The highest BCUT2D eigenvalue weighted by molar-refractivity contribution is 5.90. The number of para-hydroxylation sites is 1. The SMILES string of the molecule is Cc1ccc(-c2nc(NCc3ccccc3)c3ccccc3n2)cn1. The van der Waals surface area contributed by atoms with Crippen LogP contribution in [-0.4, -0.2) is 15.0 Å². The highest BCUT2D eigenvalue weighted by atomic mass is 15.0. The average Bonchev–Trinajstić information content (AvgIpc) is 2.67. The molecule has 2 aromatic carbocycles. The second-order valence-electron chi connectivity index (χ2n) is 5.94. The maximum absolute atomic E-state index is 4.75. The normalized spacial score (nSPS) is 10.8. The van der Waals surface area contributed by atoms with E-state index in [1.54, 1.807) is 0 Å². The minimum absolute atomic E-state index is 0.682. The van der Waals surface area contributed by atoms with E-state index in [2.05, 4.69) is 22.4 Å². The molecule has 0 saturated carbocycles. The third-order valence-corrected chi connectivity index (χ3v) is 4.08. The second-order valence-corrected chi connectivity index (χ2v) is 5.94. The number of aryl methyl sites for hydroxylation is 1. The van der Waals surface area contributed by atoms with Crippen molar-refractivity contribution in [3.05, 3.63) is 84.2 Å². The molecule has 4 heteroatoms. The molecule has 1 N–H and O–H groups in total. The van der Waals surface area contributed by atoms with E-state index in [-0.39, 0.29) is 0 Å². The van der Waals surface area contributed by atoms with Crippen LogP contribution in [0.25, 0.3) is 22.3 Å². The van der Waals surface area contributed by atoms with Crippen LogP contribution >= 0.6 is 0 Å². The van der Waals surface area contributed by atoms with Gasteiger partial charge < -0.3 is 5.32 Å². The van der Waals surface area contributed by atoms with E-state index in [0.717, 1.165) is 28.0 Å². The lowest BCUT2D eigenvalue weighted by Gasteiger charge is -2.11. The third-order valence-electron chi connectivity index (χ3n) is 4.08. The Bertz CT molecular complexity index is 995. The molecule has 25 heavy (non-hydrogen) atoms. The van der Waals surface area contributed by atoms with Crippen molar-refractivity contribution in [3.8, 4) is 11.4 Å². The van der Waals surface area contributed by atoms with E-state index in [1.165, 1.54) is 5.56 Å². The van der Waals surface area contributed by atoms with Gasteiger partial charge in [0.25, 0.3) is 0 Å². The molecule has 2 heterocycles. The molecule has 0 aliphatic carbocycles. The zero-order chi connectivity index (χ0) is 17.1. The molecule has 0 unspecified atom stereocenters. The zero-order valence-corrected chi connectivity index (χ0v) is 14.0. The van der Waals surface area contributed by atoms with Gasteiger partial charge in [-0.1, -0.05) is 42.5 Å². The summed E-state index contributed by atoms with van der Waals surface area (Å²) in [5.74, 6) is 1.52. The molecule has 0 amide bonds. The van der Waals surface area contributed by atoms with Gasteiger partial charge in [0.1, 0.15) is 5.82 Å². The van der Waals surface area contributed by atoms with Gasteiger partial charge in [-0.15, -0.1) is 0 Å². The fourth-order valence-electron chi connectivity index (χ4n) is 2.72. The summed E-state index contributed by atoms with van der Waals surface area (Å²) < 4.78 is 0. The molecule has 4 nitrogen and oxygen atoms in total. The molecular formula is C21H18N4. The smallest absolute Gasteiger partial charge is 0.163 e. The standard InChI is InChI=1S/C21H18N4/c1-15-11-12-17(14-22-15)20-24-19-10-6-5-9-18(19)21(25-20)23-13-16-7-3-2-4-8-16/h2-12,14H,13H2,1H3,(H,23,24,25). The molecule has 0 aliphatic heterocycles. The molecule has 0 fully saturated rings. The number of rotatable bonds is 4. The summed E-state index contributed by atoms with van der Waals surface area (Å²) in [4.78, 5) is 13.8. The lowest BCUT2D eigenvalue weighted by atomic mass is 10.2. The highest BCUT2D eigenvalue weighted by Gasteiger charge is 2.09. The summed E-state index contributed by atoms with van der Waals surface area (Å²) in [6, 6.07) is 22.3. The van der Waals surface area contributed by atoms with Crippen LogP contribution in [0.15, 0.2) is 72.9 Å². The molecular weight excluding hydrogens is 308 g/mol. The molecule has 4 aromatic rings. The van der Waals surface area contributed by atoms with Crippen LogP contribution in [-0.2, 0) is 6.54 Å². The van der Waals surface area contributed by atoms with E-state index < -0.39 is 0 Å². The van der Waals surface area contributed by atoms with Crippen LogP contribution in [0.3, 0.4) is 0 Å². The Hall–Kier alpha value is -3.27. The van der Waals surface area contributed by atoms with Crippen LogP contribution in [0.2, 0.25) is 0 Å². The average molecular weight is 326 g/mol. The summed E-state index contributed by atoms with van der Waals surface area (Å²) >= 11 is 0. The number of pyridine rings is 1. The third kappa shape index (κ3) is 3.33. The summed E-state index contributed by atoms with van der Waals surface area (Å²) in [5, 5.41) is 4.47. The van der Waals surface area contributed by atoms with E-state index in [9.17, 15) is 0 Å². The number of nitrogens with zero attached hydrogens (tertiary/aromatic N) is 3. The van der Waals surface area contributed by atoms with Crippen molar-refractivity contribution in [2.75, 3.05) is 5.32 Å². The van der Waals surface area contributed by atoms with Gasteiger partial charge in [-0.25, -0.2) is 9.97 Å². The van der Waals surface area contributed by atoms with Crippen molar-refractivity contribution in [2.45, 2.75) is 13.5 Å². The first-order valence-corrected chi connectivity index (χ1v) is 8.27. The Labute approximate surface area is 146 Å². The van der Waals surface area contributed by atoms with Crippen molar-refractivity contribution in [1.82, 2.24) is 15.0 Å². The first-order valence-electron chi connectivity index (χ1n) is 8.27. The summed E-state index contributed by atoms with van der Waals surface area (Å²) in [6.07, 6.45) is 1.82. The quantitative estimate of drug-likeness (QED) is 0.595. The predicted molar refractivity (Wildman–Crippen MR) is 101 cm³/mol. The molecule has 0 bridgehead atoms. The van der Waals surface area contributed by atoms with Gasteiger partial charge in [0.15, 0.2) is 5.82 Å². The summed E-state index contributed by atoms with van der Waals surface area (Å²) in [7, 11) is 0. The zero-order valence-electron chi connectivity index (χ0n) is 14.0. The molecule has 2 aromatic heterocycles. The molecule has 0 saturated heterocycles. The fourth-order valence-corrected chi connectivity index (χ4v) is 2.72. The maximum atomic E-state index is 4.75. The van der Waals surface area contributed by atoms with Crippen molar-refractivity contribution < 1.29 is 0 Å². The van der Waals surface area contributed by atoms with Gasteiger partial charge in [-0.2, -0.15) is 0 Å². The van der Waals surface area contributed by atoms with E-state index in [4.69, 9.17) is 9.97 Å². The Morgan fingerprint density at radius 1 is 0.840 bits per heavy atom. The molecule has 0 aliphatic rings. The van der Waals surface area contributed by atoms with E-state index in [0.29, 0.717) is 12.4 Å². The Morgan fingerprint density at radius 2 is 1.64 bits per heavy atom. The molecule has 0 spiro atoms. The minimum atomic E-state index is 0.682. The van der Waals surface area contributed by atoms with E-state index >= 15 is 0 Å². The molecule has 4 rings (SSSR count). The van der Waals surface area contributed by atoms with Crippen molar-refractivity contribution in [2.24, 2.45) is 0 Å².